The zero-order valence-corrected chi connectivity index (χ0v) is 6.33. The van der Waals surface area contributed by atoms with E-state index in [2.05, 4.69) is 14.9 Å². The molecule has 0 aliphatic rings. The molecule has 0 unspecified atom stereocenters. The fraction of sp³-hybridized carbons (Fsp3) is 0.333. The number of ether oxygens (including phenoxy) is 1. The van der Waals surface area contributed by atoms with Crippen molar-refractivity contribution in [1.82, 2.24) is 10.2 Å². The molecule has 0 bridgehead atoms. The highest BCUT2D eigenvalue weighted by Crippen LogP contribution is 2.13. The molecule has 13 heavy (non-hydrogen) atoms. The summed E-state index contributed by atoms with van der Waals surface area (Å²) in [7, 11) is 0. The van der Waals surface area contributed by atoms with Gasteiger partial charge in [0.2, 0.25) is 5.88 Å². The highest BCUT2D eigenvalue weighted by molar-refractivity contribution is 5.89. The molecule has 0 atom stereocenters. The zero-order valence-electron chi connectivity index (χ0n) is 6.33. The first kappa shape index (κ1) is 9.43. The van der Waals surface area contributed by atoms with Gasteiger partial charge in [-0.05, 0) is 0 Å². The average Bonchev–Trinajstić information content (AvgIpc) is 2.47. The van der Waals surface area contributed by atoms with E-state index in [0.717, 1.165) is 6.20 Å². The predicted octanol–water partition coefficient (Wildman–Crippen LogP) is 0.752. The number of aromatic nitrogens is 2. The molecular formula is C6H6F2N2O3. The molecule has 72 valence electrons. The molecule has 1 rings (SSSR count). The standard InChI is InChI=1S/C6H6F2N2O3/c7-4(8)2-13-5-3(6(11)12)1-9-10-5/h1,4H,2H2,(H,9,10)(H,11,12). The van der Waals surface area contributed by atoms with Crippen molar-refractivity contribution in [3.05, 3.63) is 11.8 Å². The number of H-pyrrole nitrogens is 1. The number of rotatable bonds is 4. The van der Waals surface area contributed by atoms with E-state index >= 15 is 0 Å². The van der Waals surface area contributed by atoms with Crippen molar-refractivity contribution in [2.24, 2.45) is 0 Å². The Balaban J connectivity index is 2.65. The van der Waals surface area contributed by atoms with E-state index in [1.165, 1.54) is 0 Å². The van der Waals surface area contributed by atoms with Gasteiger partial charge in [-0.15, -0.1) is 0 Å². The fourth-order valence-electron chi connectivity index (χ4n) is 0.683. The van der Waals surface area contributed by atoms with E-state index in [1.807, 2.05) is 0 Å². The Morgan fingerprint density at radius 1 is 1.77 bits per heavy atom. The summed E-state index contributed by atoms with van der Waals surface area (Å²) in [6.07, 6.45) is -1.66. The van der Waals surface area contributed by atoms with E-state index < -0.39 is 19.0 Å². The van der Waals surface area contributed by atoms with Gasteiger partial charge in [0.15, 0.2) is 6.61 Å². The van der Waals surface area contributed by atoms with Gasteiger partial charge < -0.3 is 9.84 Å². The minimum Gasteiger partial charge on any atom is -0.477 e. The van der Waals surface area contributed by atoms with Crippen molar-refractivity contribution < 1.29 is 23.4 Å². The van der Waals surface area contributed by atoms with Crippen LogP contribution in [0.1, 0.15) is 10.4 Å². The van der Waals surface area contributed by atoms with Crippen LogP contribution in [0.4, 0.5) is 8.78 Å². The van der Waals surface area contributed by atoms with Gasteiger partial charge in [0.05, 0.1) is 6.20 Å². The van der Waals surface area contributed by atoms with Gasteiger partial charge in [-0.3, -0.25) is 0 Å². The van der Waals surface area contributed by atoms with Gasteiger partial charge in [0.25, 0.3) is 6.43 Å². The normalized spacial score (nSPS) is 10.4. The number of carboxylic acids is 1. The minimum absolute atomic E-state index is 0.257. The topological polar surface area (TPSA) is 75.2 Å². The lowest BCUT2D eigenvalue weighted by Crippen LogP contribution is -2.09. The summed E-state index contributed by atoms with van der Waals surface area (Å²) in [6, 6.07) is 0. The number of carbonyl (C=O) groups is 1. The summed E-state index contributed by atoms with van der Waals surface area (Å²) in [5.41, 5.74) is -0.263. The number of nitrogens with zero attached hydrogens (tertiary/aromatic N) is 1. The number of aromatic carboxylic acids is 1. The van der Waals surface area contributed by atoms with E-state index in [-0.39, 0.29) is 11.4 Å². The van der Waals surface area contributed by atoms with Crippen LogP contribution in [0.2, 0.25) is 0 Å². The van der Waals surface area contributed by atoms with E-state index in [1.54, 1.807) is 0 Å². The summed E-state index contributed by atoms with van der Waals surface area (Å²) < 4.78 is 27.8. The van der Waals surface area contributed by atoms with Crippen molar-refractivity contribution in [1.29, 1.82) is 0 Å². The van der Waals surface area contributed by atoms with Crippen LogP contribution in [-0.4, -0.2) is 34.3 Å². The Morgan fingerprint density at radius 2 is 2.46 bits per heavy atom. The molecule has 0 radical (unpaired) electrons. The fourth-order valence-corrected chi connectivity index (χ4v) is 0.683. The summed E-state index contributed by atoms with van der Waals surface area (Å²) >= 11 is 0. The Bertz CT molecular complexity index is 300. The van der Waals surface area contributed by atoms with Crippen LogP contribution in [-0.2, 0) is 0 Å². The van der Waals surface area contributed by atoms with Crippen LogP contribution in [0.15, 0.2) is 6.20 Å². The highest BCUT2D eigenvalue weighted by atomic mass is 19.3. The largest absolute Gasteiger partial charge is 0.477 e. The van der Waals surface area contributed by atoms with Gasteiger partial charge in [-0.25, -0.2) is 18.7 Å². The SMILES string of the molecule is O=C(O)c1cn[nH]c1OCC(F)F. The van der Waals surface area contributed by atoms with Crippen LogP contribution >= 0.6 is 0 Å². The maximum atomic E-state index is 11.7. The molecule has 0 aliphatic heterocycles. The molecule has 7 heteroatoms. The number of aromatic amines is 1. The van der Waals surface area contributed by atoms with Crippen LogP contribution < -0.4 is 4.74 Å². The second-order valence-electron chi connectivity index (χ2n) is 2.12. The van der Waals surface area contributed by atoms with Crippen molar-refractivity contribution in [2.75, 3.05) is 6.61 Å². The second kappa shape index (κ2) is 3.83. The van der Waals surface area contributed by atoms with Crippen LogP contribution in [0.25, 0.3) is 0 Å². The van der Waals surface area contributed by atoms with Crippen molar-refractivity contribution in [2.45, 2.75) is 6.43 Å². The second-order valence-corrected chi connectivity index (χ2v) is 2.12. The van der Waals surface area contributed by atoms with Crippen molar-refractivity contribution in [3.63, 3.8) is 0 Å². The van der Waals surface area contributed by atoms with Crippen molar-refractivity contribution >= 4 is 5.97 Å². The first-order valence-corrected chi connectivity index (χ1v) is 3.29. The first-order valence-electron chi connectivity index (χ1n) is 3.29. The Morgan fingerprint density at radius 3 is 3.00 bits per heavy atom. The third-order valence-corrected chi connectivity index (χ3v) is 1.19. The Kier molecular flexibility index (Phi) is 2.78. The molecule has 0 spiro atoms. The number of nitrogens with one attached hydrogen (secondary N) is 1. The molecule has 2 N–H and O–H groups in total. The number of hydrogen-bond acceptors (Lipinski definition) is 3. The molecule has 0 fully saturated rings. The third-order valence-electron chi connectivity index (χ3n) is 1.19. The average molecular weight is 192 g/mol. The van der Waals surface area contributed by atoms with Crippen LogP contribution in [0.5, 0.6) is 5.88 Å². The number of alkyl halides is 2. The smallest absolute Gasteiger partial charge is 0.342 e. The molecule has 0 saturated carbocycles. The summed E-state index contributed by atoms with van der Waals surface area (Å²) in [4.78, 5) is 10.4. The highest BCUT2D eigenvalue weighted by Gasteiger charge is 2.14. The number of hydrogen-bond donors (Lipinski definition) is 2. The van der Waals surface area contributed by atoms with Gasteiger partial charge in [-0.2, -0.15) is 5.10 Å². The summed E-state index contributed by atoms with van der Waals surface area (Å²) in [5, 5.41) is 14.0. The molecular weight excluding hydrogens is 186 g/mol. The Hall–Kier alpha value is -1.66. The van der Waals surface area contributed by atoms with E-state index in [9.17, 15) is 13.6 Å². The lowest BCUT2D eigenvalue weighted by Gasteiger charge is -2.02. The minimum atomic E-state index is -2.65. The maximum absolute atomic E-state index is 11.7. The molecule has 1 aromatic heterocycles. The zero-order chi connectivity index (χ0) is 9.84. The predicted molar refractivity (Wildman–Crippen MR) is 37.0 cm³/mol. The van der Waals surface area contributed by atoms with Crippen molar-refractivity contribution in [3.8, 4) is 5.88 Å². The van der Waals surface area contributed by atoms with Gasteiger partial charge >= 0.3 is 5.97 Å². The molecule has 1 aromatic rings. The lowest BCUT2D eigenvalue weighted by atomic mass is 10.3. The summed E-state index contributed by atoms with van der Waals surface area (Å²) in [5.74, 6) is -1.54. The number of carboxylic acid groups (broad SMARTS) is 1. The van der Waals surface area contributed by atoms with Crippen LogP contribution in [0.3, 0.4) is 0 Å². The molecule has 0 saturated heterocycles. The van der Waals surface area contributed by atoms with Gasteiger partial charge in [0, 0.05) is 0 Å². The van der Waals surface area contributed by atoms with Crippen LogP contribution in [0, 0.1) is 0 Å². The quantitative estimate of drug-likeness (QED) is 0.738. The Labute approximate surface area is 71.3 Å². The molecule has 0 aliphatic carbocycles. The van der Waals surface area contributed by atoms with E-state index in [0.29, 0.717) is 0 Å². The van der Waals surface area contributed by atoms with E-state index in [4.69, 9.17) is 5.11 Å². The third kappa shape index (κ3) is 2.39. The summed E-state index contributed by atoms with van der Waals surface area (Å²) in [6.45, 7) is -0.859. The first-order chi connectivity index (χ1) is 6.11. The molecule has 1 heterocycles. The lowest BCUT2D eigenvalue weighted by molar-refractivity contribution is 0.0659. The van der Waals surface area contributed by atoms with Gasteiger partial charge in [0.1, 0.15) is 5.56 Å². The number of halogens is 2. The molecule has 0 aromatic carbocycles. The molecule has 5 nitrogen and oxygen atoms in total. The monoisotopic (exact) mass is 192 g/mol. The van der Waals surface area contributed by atoms with Gasteiger partial charge in [-0.1, -0.05) is 0 Å². The molecule has 0 amide bonds. The maximum Gasteiger partial charge on any atom is 0.342 e.